The molecule has 21 heavy (non-hydrogen) atoms. The van der Waals surface area contributed by atoms with E-state index < -0.39 is 0 Å². The van der Waals surface area contributed by atoms with Crippen molar-refractivity contribution in [3.63, 3.8) is 0 Å². The fourth-order valence-electron chi connectivity index (χ4n) is 3.07. The van der Waals surface area contributed by atoms with Crippen LogP contribution in [0.2, 0.25) is 0 Å². The second-order valence-corrected chi connectivity index (χ2v) is 5.37. The van der Waals surface area contributed by atoms with E-state index in [-0.39, 0.29) is 17.9 Å². The highest BCUT2D eigenvalue weighted by Gasteiger charge is 2.36. The first kappa shape index (κ1) is 13.8. The van der Waals surface area contributed by atoms with Crippen LogP contribution in [0.15, 0.2) is 36.4 Å². The van der Waals surface area contributed by atoms with Crippen molar-refractivity contribution in [2.24, 2.45) is 5.73 Å². The van der Waals surface area contributed by atoms with Crippen molar-refractivity contribution in [2.45, 2.75) is 25.8 Å². The van der Waals surface area contributed by atoms with E-state index in [1.165, 1.54) is 4.90 Å². The lowest BCUT2D eigenvalue weighted by Gasteiger charge is -2.33. The number of imide groups is 1. The molecule has 0 aliphatic carbocycles. The van der Waals surface area contributed by atoms with Gasteiger partial charge in [-0.3, -0.25) is 14.5 Å². The van der Waals surface area contributed by atoms with Gasteiger partial charge in [0.2, 0.25) is 0 Å². The van der Waals surface area contributed by atoms with Gasteiger partial charge in [-0.2, -0.15) is 0 Å². The molecule has 2 aromatic rings. The summed E-state index contributed by atoms with van der Waals surface area (Å²) in [6.45, 7) is 2.32. The standard InChI is InChI=1S/C17H18N2O2/c1-2-5-12(10-18)19-16(20)13-8-3-6-11-7-4-9-14(15(11)13)17(19)21/h3-4,6-9,12H,2,5,10,18H2,1H3. The molecule has 1 aliphatic heterocycles. The van der Waals surface area contributed by atoms with Gasteiger partial charge in [-0.25, -0.2) is 0 Å². The van der Waals surface area contributed by atoms with Gasteiger partial charge in [0.05, 0.1) is 6.04 Å². The SMILES string of the molecule is CCCC(CN)N1C(=O)c2cccc3cccc(c23)C1=O. The van der Waals surface area contributed by atoms with Crippen molar-refractivity contribution in [1.82, 2.24) is 4.90 Å². The summed E-state index contributed by atoms with van der Waals surface area (Å²) in [5, 5.41) is 1.68. The Balaban J connectivity index is 2.19. The first-order chi connectivity index (χ1) is 10.2. The monoisotopic (exact) mass is 282 g/mol. The van der Waals surface area contributed by atoms with E-state index in [2.05, 4.69) is 0 Å². The first-order valence-corrected chi connectivity index (χ1v) is 7.28. The zero-order chi connectivity index (χ0) is 15.0. The number of nitrogens with zero attached hydrogens (tertiary/aromatic N) is 1. The molecule has 3 rings (SSSR count). The third-order valence-electron chi connectivity index (χ3n) is 4.06. The molecular weight excluding hydrogens is 264 g/mol. The smallest absolute Gasteiger partial charge is 0.261 e. The maximum Gasteiger partial charge on any atom is 0.261 e. The van der Waals surface area contributed by atoms with E-state index in [4.69, 9.17) is 5.73 Å². The molecular formula is C17H18N2O2. The van der Waals surface area contributed by atoms with Gasteiger partial charge in [-0.05, 0) is 23.9 Å². The van der Waals surface area contributed by atoms with Gasteiger partial charge in [0.15, 0.2) is 0 Å². The third kappa shape index (κ3) is 2.03. The lowest BCUT2D eigenvalue weighted by atomic mass is 9.92. The maximum absolute atomic E-state index is 12.7. The second kappa shape index (κ2) is 5.30. The highest BCUT2D eigenvalue weighted by Crippen LogP contribution is 2.31. The highest BCUT2D eigenvalue weighted by molar-refractivity contribution is 6.25. The number of carbonyl (C=O) groups is 2. The van der Waals surface area contributed by atoms with Crippen LogP contribution >= 0.6 is 0 Å². The predicted octanol–water partition coefficient (Wildman–Crippen LogP) is 2.56. The molecule has 0 saturated heterocycles. The summed E-state index contributed by atoms with van der Waals surface area (Å²) in [7, 11) is 0. The largest absolute Gasteiger partial charge is 0.328 e. The maximum atomic E-state index is 12.7. The Hall–Kier alpha value is -2.20. The number of carbonyl (C=O) groups excluding carboxylic acids is 2. The van der Waals surface area contributed by atoms with Crippen LogP contribution in [0, 0.1) is 0 Å². The van der Waals surface area contributed by atoms with Crippen LogP contribution in [-0.4, -0.2) is 29.3 Å². The summed E-state index contributed by atoms with van der Waals surface area (Å²) in [6, 6.07) is 10.9. The Morgan fingerprint density at radius 2 is 1.62 bits per heavy atom. The molecule has 2 amide bonds. The molecule has 0 bridgehead atoms. The number of benzene rings is 2. The Morgan fingerprint density at radius 1 is 1.05 bits per heavy atom. The van der Waals surface area contributed by atoms with Gasteiger partial charge in [0, 0.05) is 23.1 Å². The first-order valence-electron chi connectivity index (χ1n) is 7.28. The van der Waals surface area contributed by atoms with Gasteiger partial charge in [0.1, 0.15) is 0 Å². The molecule has 0 saturated carbocycles. The van der Waals surface area contributed by atoms with E-state index in [9.17, 15) is 9.59 Å². The Kier molecular flexibility index (Phi) is 3.47. The average molecular weight is 282 g/mol. The van der Waals surface area contributed by atoms with Crippen molar-refractivity contribution in [1.29, 1.82) is 0 Å². The molecule has 0 spiro atoms. The van der Waals surface area contributed by atoms with Crippen molar-refractivity contribution in [2.75, 3.05) is 6.54 Å². The Bertz CT molecular complexity index is 673. The molecule has 0 aromatic heterocycles. The number of nitrogens with two attached hydrogens (primary N) is 1. The summed E-state index contributed by atoms with van der Waals surface area (Å²) in [5.41, 5.74) is 6.97. The zero-order valence-corrected chi connectivity index (χ0v) is 12.0. The lowest BCUT2D eigenvalue weighted by molar-refractivity contribution is 0.0536. The van der Waals surface area contributed by atoms with Crippen molar-refractivity contribution < 1.29 is 9.59 Å². The topological polar surface area (TPSA) is 63.4 Å². The average Bonchev–Trinajstić information content (AvgIpc) is 2.51. The predicted molar refractivity (Wildman–Crippen MR) is 82.2 cm³/mol. The quantitative estimate of drug-likeness (QED) is 0.877. The molecule has 4 heteroatoms. The van der Waals surface area contributed by atoms with E-state index in [0.29, 0.717) is 17.7 Å². The minimum atomic E-state index is -0.237. The molecule has 1 unspecified atom stereocenters. The van der Waals surface area contributed by atoms with Gasteiger partial charge >= 0.3 is 0 Å². The van der Waals surface area contributed by atoms with Crippen LogP contribution in [0.1, 0.15) is 40.5 Å². The van der Waals surface area contributed by atoms with Crippen molar-refractivity contribution >= 4 is 22.6 Å². The van der Waals surface area contributed by atoms with Crippen LogP contribution in [0.4, 0.5) is 0 Å². The molecule has 108 valence electrons. The summed E-state index contributed by atoms with van der Waals surface area (Å²) < 4.78 is 0. The molecule has 2 N–H and O–H groups in total. The van der Waals surface area contributed by atoms with Crippen LogP contribution in [0.5, 0.6) is 0 Å². The van der Waals surface area contributed by atoms with Crippen LogP contribution in [0.25, 0.3) is 10.8 Å². The van der Waals surface area contributed by atoms with E-state index >= 15 is 0 Å². The number of hydrogen-bond donors (Lipinski definition) is 1. The molecule has 1 heterocycles. The molecule has 0 fully saturated rings. The minimum absolute atomic E-state index is 0.229. The fraction of sp³-hybridized carbons (Fsp3) is 0.294. The van der Waals surface area contributed by atoms with Gasteiger partial charge in [-0.1, -0.05) is 37.6 Å². The molecule has 4 nitrogen and oxygen atoms in total. The second-order valence-electron chi connectivity index (χ2n) is 5.37. The molecule has 1 atom stereocenters. The fourth-order valence-corrected chi connectivity index (χ4v) is 3.07. The molecule has 1 aliphatic rings. The summed E-state index contributed by atoms with van der Waals surface area (Å²) in [6.07, 6.45) is 1.61. The summed E-state index contributed by atoms with van der Waals surface area (Å²) in [5.74, 6) is -0.457. The van der Waals surface area contributed by atoms with Crippen LogP contribution in [-0.2, 0) is 0 Å². The van der Waals surface area contributed by atoms with E-state index in [1.807, 2.05) is 31.2 Å². The minimum Gasteiger partial charge on any atom is -0.328 e. The van der Waals surface area contributed by atoms with Crippen molar-refractivity contribution in [3.8, 4) is 0 Å². The van der Waals surface area contributed by atoms with Crippen molar-refractivity contribution in [3.05, 3.63) is 47.5 Å². The molecule has 2 aromatic carbocycles. The number of rotatable bonds is 4. The van der Waals surface area contributed by atoms with E-state index in [1.54, 1.807) is 12.1 Å². The van der Waals surface area contributed by atoms with Gasteiger partial charge in [0.25, 0.3) is 11.8 Å². The number of hydrogen-bond acceptors (Lipinski definition) is 3. The summed E-state index contributed by atoms with van der Waals surface area (Å²) >= 11 is 0. The van der Waals surface area contributed by atoms with Crippen LogP contribution in [0.3, 0.4) is 0 Å². The Labute approximate surface area is 123 Å². The zero-order valence-electron chi connectivity index (χ0n) is 12.0. The van der Waals surface area contributed by atoms with Gasteiger partial charge in [-0.15, -0.1) is 0 Å². The lowest BCUT2D eigenvalue weighted by Crippen LogP contribution is -2.50. The normalized spacial score (nSPS) is 15.6. The van der Waals surface area contributed by atoms with E-state index in [0.717, 1.165) is 23.6 Å². The van der Waals surface area contributed by atoms with Gasteiger partial charge < -0.3 is 5.73 Å². The summed E-state index contributed by atoms with van der Waals surface area (Å²) in [4.78, 5) is 26.8. The Morgan fingerprint density at radius 3 is 2.10 bits per heavy atom. The van der Waals surface area contributed by atoms with Crippen LogP contribution < -0.4 is 5.73 Å². The number of amides is 2. The highest BCUT2D eigenvalue weighted by atomic mass is 16.2. The third-order valence-corrected chi connectivity index (χ3v) is 4.06. The molecule has 0 radical (unpaired) electrons.